The number of rotatable bonds is 2. The molecule has 1 aromatic heterocycles. The summed E-state index contributed by atoms with van der Waals surface area (Å²) in [6.45, 7) is 3.62. The summed E-state index contributed by atoms with van der Waals surface area (Å²) in [5, 5.41) is 0. The van der Waals surface area contributed by atoms with Crippen molar-refractivity contribution in [3.8, 4) is 0 Å². The van der Waals surface area contributed by atoms with Crippen molar-refractivity contribution in [2.45, 2.75) is 6.42 Å². The first-order valence-electron chi connectivity index (χ1n) is 2.94. The molecule has 1 aromatic rings. The Kier molecular flexibility index (Phi) is 2.19. The van der Waals surface area contributed by atoms with Crippen LogP contribution in [0.25, 0.3) is 0 Å². The molecular weight excluding hydrogens is 109 g/mol. The molecule has 0 atom stereocenters. The van der Waals surface area contributed by atoms with Crippen LogP contribution >= 0.6 is 0 Å². The topological polar surface area (TPSA) is 12.9 Å². The van der Waals surface area contributed by atoms with Gasteiger partial charge in [-0.15, -0.1) is 0 Å². The van der Waals surface area contributed by atoms with Gasteiger partial charge < -0.3 is 0 Å². The van der Waals surface area contributed by atoms with E-state index >= 15 is 0 Å². The minimum atomic E-state index is 0.862. The van der Waals surface area contributed by atoms with E-state index in [1.54, 1.807) is 7.05 Å². The molecule has 0 radical (unpaired) electrons. The molecule has 1 heterocycles. The average molecular weight is 117 g/mol. The van der Waals surface area contributed by atoms with Gasteiger partial charge in [-0.2, -0.15) is 0 Å². The summed E-state index contributed by atoms with van der Waals surface area (Å²) < 4.78 is 0. The fourth-order valence-corrected chi connectivity index (χ4v) is 0.667. The van der Waals surface area contributed by atoms with Crippen LogP contribution in [0.2, 0.25) is 0 Å². The Balaban J connectivity index is 2.72. The van der Waals surface area contributed by atoms with Gasteiger partial charge in [0.05, 0.1) is 0 Å². The van der Waals surface area contributed by atoms with Crippen molar-refractivity contribution in [3.63, 3.8) is 0 Å². The molecule has 0 aliphatic rings. The Morgan fingerprint density at radius 1 is 1.78 bits per heavy atom. The second-order valence-electron chi connectivity index (χ2n) is 1.81. The summed E-state index contributed by atoms with van der Waals surface area (Å²) in [5.74, 6) is 1.91. The molecule has 0 spiro atoms. The summed E-state index contributed by atoms with van der Waals surface area (Å²) >= 11 is 0. The van der Waals surface area contributed by atoms with E-state index in [-0.39, 0.29) is 0 Å². The molecule has 0 bridgehead atoms. The number of hydrogen-bond acceptors (Lipinski definition) is 1. The van der Waals surface area contributed by atoms with E-state index < -0.39 is 0 Å². The zero-order valence-electron chi connectivity index (χ0n) is 5.25. The van der Waals surface area contributed by atoms with Crippen LogP contribution < -0.4 is 0 Å². The van der Waals surface area contributed by atoms with E-state index in [4.69, 9.17) is 0 Å². The molecule has 44 valence electrons. The number of allylic oxidation sites excluding steroid dienone is 1. The predicted molar refractivity (Wildman–Crippen MR) is 39.5 cm³/mol. The molecule has 9 heavy (non-hydrogen) atoms. The minimum absolute atomic E-state index is 0.862. The molecule has 0 aliphatic carbocycles. The molecule has 0 saturated heterocycles. The summed E-state index contributed by atoms with van der Waals surface area (Å²) in [6.07, 6.45) is 2.71. The molecule has 0 amide bonds. The Bertz CT molecular complexity index is 183. The van der Waals surface area contributed by atoms with Crippen molar-refractivity contribution in [1.82, 2.24) is 4.89 Å². The number of hydrogen-bond donors (Lipinski definition) is 0. The molecule has 0 aromatic carbocycles. The average Bonchev–Trinajstić information content (AvgIpc) is 1.91. The van der Waals surface area contributed by atoms with Crippen LogP contribution in [0.1, 0.15) is 5.69 Å². The van der Waals surface area contributed by atoms with Crippen molar-refractivity contribution in [1.29, 1.82) is 0 Å². The van der Waals surface area contributed by atoms with Crippen molar-refractivity contribution in [3.05, 3.63) is 36.4 Å². The van der Waals surface area contributed by atoms with E-state index in [1.165, 1.54) is 0 Å². The van der Waals surface area contributed by atoms with Crippen LogP contribution in [0.15, 0.2) is 30.7 Å². The molecular formula is C7H8BN. The summed E-state index contributed by atoms with van der Waals surface area (Å²) in [6, 6.07) is 3.97. The van der Waals surface area contributed by atoms with E-state index in [2.05, 4.69) is 11.5 Å². The van der Waals surface area contributed by atoms with Crippen LogP contribution in [-0.2, 0) is 6.42 Å². The molecule has 0 saturated carbocycles. The van der Waals surface area contributed by atoms with Crippen LogP contribution in [-0.4, -0.2) is 11.9 Å². The first-order valence-corrected chi connectivity index (χ1v) is 2.94. The van der Waals surface area contributed by atoms with Crippen molar-refractivity contribution < 1.29 is 0 Å². The van der Waals surface area contributed by atoms with Gasteiger partial charge in [0, 0.05) is 0 Å². The number of aromatic nitrogens is 1. The summed E-state index contributed by atoms with van der Waals surface area (Å²) in [7, 11) is 1.79. The van der Waals surface area contributed by atoms with Gasteiger partial charge in [-0.25, -0.2) is 0 Å². The van der Waals surface area contributed by atoms with E-state index in [0.29, 0.717) is 0 Å². The monoisotopic (exact) mass is 117 g/mol. The fourth-order valence-electron chi connectivity index (χ4n) is 0.667. The van der Waals surface area contributed by atoms with Gasteiger partial charge in [0.1, 0.15) is 0 Å². The standard InChI is InChI=1S/C7H8BN/c1-2-4-7-5-3-6-8-9-7/h2-3,5-6H,1,4H2. The van der Waals surface area contributed by atoms with Crippen LogP contribution in [0.3, 0.4) is 0 Å². The van der Waals surface area contributed by atoms with Gasteiger partial charge in [0.15, 0.2) is 0 Å². The van der Waals surface area contributed by atoms with Crippen LogP contribution in [0, 0.1) is 0 Å². The SMILES string of the molecule is C=CCc1cccbn1. The molecule has 0 aliphatic heterocycles. The predicted octanol–water partition coefficient (Wildman–Crippen LogP) is 1.15. The first kappa shape index (κ1) is 6.21. The van der Waals surface area contributed by atoms with E-state index in [9.17, 15) is 0 Å². The molecule has 2 heteroatoms. The van der Waals surface area contributed by atoms with Gasteiger partial charge in [0.2, 0.25) is 0 Å². The fraction of sp³-hybridized carbons (Fsp3) is 0.143. The Labute approximate surface area is 55.7 Å². The molecule has 0 fully saturated rings. The zero-order valence-corrected chi connectivity index (χ0v) is 5.25. The maximum absolute atomic E-state index is 4.10. The van der Waals surface area contributed by atoms with Gasteiger partial charge in [-0.3, -0.25) is 0 Å². The molecule has 0 N–H and O–H groups in total. The van der Waals surface area contributed by atoms with E-state index in [0.717, 1.165) is 12.1 Å². The molecule has 1 nitrogen and oxygen atoms in total. The molecule has 0 unspecified atom stereocenters. The third kappa shape index (κ3) is 1.80. The zero-order chi connectivity index (χ0) is 6.53. The van der Waals surface area contributed by atoms with Crippen LogP contribution in [0.4, 0.5) is 0 Å². The normalized spacial score (nSPS) is 8.44. The third-order valence-electron chi connectivity index (χ3n) is 1.08. The second-order valence-corrected chi connectivity index (χ2v) is 1.81. The van der Waals surface area contributed by atoms with Crippen molar-refractivity contribution >= 4 is 7.05 Å². The van der Waals surface area contributed by atoms with Gasteiger partial charge >= 0.3 is 54.8 Å². The number of nitrogens with zero attached hydrogens (tertiary/aromatic N) is 1. The maximum atomic E-state index is 4.10. The quantitative estimate of drug-likeness (QED) is 0.529. The van der Waals surface area contributed by atoms with Gasteiger partial charge in [-0.05, 0) is 0 Å². The van der Waals surface area contributed by atoms with Crippen molar-refractivity contribution in [2.24, 2.45) is 0 Å². The Morgan fingerprint density at radius 3 is 3.22 bits per heavy atom. The summed E-state index contributed by atoms with van der Waals surface area (Å²) in [5.41, 5.74) is 1.08. The first-order chi connectivity index (χ1) is 4.43. The Hall–Kier alpha value is -0.915. The summed E-state index contributed by atoms with van der Waals surface area (Å²) in [4.78, 5) is 4.10. The van der Waals surface area contributed by atoms with E-state index in [1.807, 2.05) is 24.2 Å². The second kappa shape index (κ2) is 3.18. The molecule has 1 rings (SSSR count). The Morgan fingerprint density at radius 2 is 2.67 bits per heavy atom. The van der Waals surface area contributed by atoms with Crippen molar-refractivity contribution in [2.75, 3.05) is 0 Å². The third-order valence-corrected chi connectivity index (χ3v) is 1.08. The van der Waals surface area contributed by atoms with Gasteiger partial charge in [-0.1, -0.05) is 0 Å². The van der Waals surface area contributed by atoms with Crippen LogP contribution in [0.5, 0.6) is 0 Å². The van der Waals surface area contributed by atoms with Gasteiger partial charge in [0.25, 0.3) is 0 Å².